The fourth-order valence-electron chi connectivity index (χ4n) is 3.61. The first-order valence-corrected chi connectivity index (χ1v) is 10.1. The van der Waals surface area contributed by atoms with Crippen LogP contribution in [0.5, 0.6) is 0 Å². The zero-order valence-electron chi connectivity index (χ0n) is 16.9. The first-order valence-electron chi connectivity index (χ1n) is 10.1. The molecular formula is C22H20F4N4O2. The lowest BCUT2D eigenvalue weighted by Crippen LogP contribution is -2.41. The third kappa shape index (κ3) is 4.80. The molecule has 0 unspecified atom stereocenters. The SMILES string of the molecule is O=C(c1nnn(-c2ccc(F)cc2)c1C(F)(F)F)N1CCC(OCc2ccccc2)CC1. The van der Waals surface area contributed by atoms with Gasteiger partial charge in [-0.3, -0.25) is 4.79 Å². The molecule has 0 bridgehead atoms. The van der Waals surface area contributed by atoms with E-state index < -0.39 is 29.3 Å². The van der Waals surface area contributed by atoms with Gasteiger partial charge in [-0.05, 0) is 42.7 Å². The Morgan fingerprint density at radius 2 is 1.69 bits per heavy atom. The van der Waals surface area contributed by atoms with E-state index in [4.69, 9.17) is 4.74 Å². The van der Waals surface area contributed by atoms with Gasteiger partial charge in [-0.2, -0.15) is 13.2 Å². The lowest BCUT2D eigenvalue weighted by molar-refractivity contribution is -0.143. The molecular weight excluding hydrogens is 428 g/mol. The van der Waals surface area contributed by atoms with Crippen molar-refractivity contribution in [1.82, 2.24) is 19.9 Å². The van der Waals surface area contributed by atoms with Crippen LogP contribution < -0.4 is 0 Å². The topological polar surface area (TPSA) is 60.2 Å². The molecule has 32 heavy (non-hydrogen) atoms. The summed E-state index contributed by atoms with van der Waals surface area (Å²) in [6, 6.07) is 13.9. The summed E-state index contributed by atoms with van der Waals surface area (Å²) in [5.74, 6) is -1.44. The molecule has 1 aromatic heterocycles. The maximum atomic E-state index is 13.8. The first-order chi connectivity index (χ1) is 15.3. The third-order valence-electron chi connectivity index (χ3n) is 5.27. The first kappa shape index (κ1) is 21.9. The number of piperidine rings is 1. The van der Waals surface area contributed by atoms with Crippen LogP contribution in [0.2, 0.25) is 0 Å². The third-order valence-corrected chi connectivity index (χ3v) is 5.27. The lowest BCUT2D eigenvalue weighted by atomic mass is 10.1. The molecule has 0 aliphatic carbocycles. The van der Waals surface area contributed by atoms with Gasteiger partial charge in [0.25, 0.3) is 5.91 Å². The predicted molar refractivity (Wildman–Crippen MR) is 106 cm³/mol. The molecule has 1 fully saturated rings. The summed E-state index contributed by atoms with van der Waals surface area (Å²) in [5, 5.41) is 7.06. The molecule has 1 saturated heterocycles. The summed E-state index contributed by atoms with van der Waals surface area (Å²) in [5.41, 5.74) is -1.07. The number of amides is 1. The fourth-order valence-corrected chi connectivity index (χ4v) is 3.61. The Hall–Kier alpha value is -3.27. The maximum absolute atomic E-state index is 13.8. The molecule has 1 amide bonds. The van der Waals surface area contributed by atoms with Crippen LogP contribution in [0.3, 0.4) is 0 Å². The van der Waals surface area contributed by atoms with Gasteiger partial charge in [0.05, 0.1) is 18.4 Å². The molecule has 1 aliphatic rings. The van der Waals surface area contributed by atoms with Crippen molar-refractivity contribution in [2.75, 3.05) is 13.1 Å². The number of rotatable bonds is 5. The standard InChI is InChI=1S/C22H20F4N4O2/c23-16-6-8-17(9-7-16)30-20(22(24,25)26)19(27-28-30)21(31)29-12-10-18(11-13-29)32-14-15-4-2-1-3-5-15/h1-9,18H,10-14H2. The molecule has 3 aromatic rings. The van der Waals surface area contributed by atoms with Gasteiger partial charge in [-0.25, -0.2) is 9.07 Å². The number of alkyl halides is 3. The second-order valence-electron chi connectivity index (χ2n) is 7.46. The minimum Gasteiger partial charge on any atom is -0.373 e. The quantitative estimate of drug-likeness (QED) is 0.548. The number of ether oxygens (including phenoxy) is 1. The second-order valence-corrected chi connectivity index (χ2v) is 7.46. The number of benzene rings is 2. The van der Waals surface area contributed by atoms with E-state index in [2.05, 4.69) is 10.3 Å². The number of hydrogen-bond donors (Lipinski definition) is 0. The van der Waals surface area contributed by atoms with E-state index in [9.17, 15) is 22.4 Å². The Labute approximate surface area is 181 Å². The number of carbonyl (C=O) groups is 1. The zero-order chi connectivity index (χ0) is 22.7. The van der Waals surface area contributed by atoms with Crippen molar-refractivity contribution < 1.29 is 27.1 Å². The van der Waals surface area contributed by atoms with Gasteiger partial charge in [0, 0.05) is 13.1 Å². The average molecular weight is 448 g/mol. The van der Waals surface area contributed by atoms with Crippen LogP contribution in [0.4, 0.5) is 17.6 Å². The largest absolute Gasteiger partial charge is 0.435 e. The number of nitrogens with zero attached hydrogens (tertiary/aromatic N) is 4. The molecule has 0 atom stereocenters. The number of aromatic nitrogens is 3. The highest BCUT2D eigenvalue weighted by atomic mass is 19.4. The lowest BCUT2D eigenvalue weighted by Gasteiger charge is -2.31. The molecule has 2 heterocycles. The van der Waals surface area contributed by atoms with Gasteiger partial charge in [0.2, 0.25) is 0 Å². The Bertz CT molecular complexity index is 1060. The van der Waals surface area contributed by atoms with Crippen LogP contribution >= 0.6 is 0 Å². The van der Waals surface area contributed by atoms with Gasteiger partial charge >= 0.3 is 6.18 Å². The molecule has 0 N–H and O–H groups in total. The van der Waals surface area contributed by atoms with Crippen molar-refractivity contribution in [3.05, 3.63) is 77.4 Å². The highest BCUT2D eigenvalue weighted by Gasteiger charge is 2.43. The molecule has 168 valence electrons. The summed E-state index contributed by atoms with van der Waals surface area (Å²) in [6.07, 6.45) is -3.95. The molecule has 4 rings (SSSR count). The van der Waals surface area contributed by atoms with E-state index in [-0.39, 0.29) is 24.9 Å². The molecule has 0 spiro atoms. The maximum Gasteiger partial charge on any atom is 0.435 e. The highest BCUT2D eigenvalue weighted by Crippen LogP contribution is 2.33. The zero-order valence-corrected chi connectivity index (χ0v) is 16.9. The number of hydrogen-bond acceptors (Lipinski definition) is 4. The van der Waals surface area contributed by atoms with E-state index in [0.29, 0.717) is 24.1 Å². The van der Waals surface area contributed by atoms with Crippen LogP contribution in [-0.2, 0) is 17.5 Å². The summed E-state index contributed by atoms with van der Waals surface area (Å²) >= 11 is 0. The van der Waals surface area contributed by atoms with E-state index in [0.717, 1.165) is 29.8 Å². The second kappa shape index (κ2) is 9.07. The number of carbonyl (C=O) groups excluding carboxylic acids is 1. The van der Waals surface area contributed by atoms with Crippen molar-refractivity contribution in [3.8, 4) is 5.69 Å². The fraction of sp³-hybridized carbons (Fsp3) is 0.318. The molecule has 10 heteroatoms. The van der Waals surface area contributed by atoms with Crippen LogP contribution in [0.25, 0.3) is 5.69 Å². The van der Waals surface area contributed by atoms with Crippen LogP contribution in [-0.4, -0.2) is 45.0 Å². The van der Waals surface area contributed by atoms with Crippen LogP contribution in [0.1, 0.15) is 34.6 Å². The summed E-state index contributed by atoms with van der Waals surface area (Å²) in [7, 11) is 0. The van der Waals surface area contributed by atoms with Crippen molar-refractivity contribution >= 4 is 5.91 Å². The smallest absolute Gasteiger partial charge is 0.373 e. The monoisotopic (exact) mass is 448 g/mol. The van der Waals surface area contributed by atoms with E-state index >= 15 is 0 Å². The van der Waals surface area contributed by atoms with Crippen LogP contribution in [0.15, 0.2) is 54.6 Å². The van der Waals surface area contributed by atoms with Crippen molar-refractivity contribution in [2.45, 2.75) is 31.7 Å². The Morgan fingerprint density at radius 3 is 2.31 bits per heavy atom. The van der Waals surface area contributed by atoms with Gasteiger partial charge in [0.1, 0.15) is 5.82 Å². The predicted octanol–water partition coefficient (Wildman–Crippen LogP) is 4.25. The van der Waals surface area contributed by atoms with Gasteiger partial charge < -0.3 is 9.64 Å². The van der Waals surface area contributed by atoms with E-state index in [1.165, 1.54) is 4.90 Å². The molecule has 0 saturated carbocycles. The molecule has 0 radical (unpaired) electrons. The molecule has 1 aliphatic heterocycles. The average Bonchev–Trinajstić information content (AvgIpc) is 3.25. The normalized spacial score (nSPS) is 15.2. The van der Waals surface area contributed by atoms with Crippen molar-refractivity contribution in [1.29, 1.82) is 0 Å². The minimum atomic E-state index is -4.88. The Balaban J connectivity index is 1.46. The molecule has 6 nitrogen and oxygen atoms in total. The summed E-state index contributed by atoms with van der Waals surface area (Å²) < 4.78 is 60.9. The van der Waals surface area contributed by atoms with Crippen molar-refractivity contribution in [2.24, 2.45) is 0 Å². The summed E-state index contributed by atoms with van der Waals surface area (Å²) in [4.78, 5) is 14.2. The van der Waals surface area contributed by atoms with E-state index in [1.807, 2.05) is 30.3 Å². The van der Waals surface area contributed by atoms with Crippen molar-refractivity contribution in [3.63, 3.8) is 0 Å². The Kier molecular flexibility index (Phi) is 6.22. The number of likely N-dealkylation sites (tertiary alicyclic amines) is 1. The van der Waals surface area contributed by atoms with Crippen LogP contribution in [0, 0.1) is 5.82 Å². The van der Waals surface area contributed by atoms with Gasteiger partial charge in [0.15, 0.2) is 11.4 Å². The van der Waals surface area contributed by atoms with E-state index in [1.54, 1.807) is 0 Å². The summed E-state index contributed by atoms with van der Waals surface area (Å²) in [6.45, 7) is 0.932. The number of halogens is 4. The van der Waals surface area contributed by atoms with Gasteiger partial charge in [-0.1, -0.05) is 35.5 Å². The molecule has 2 aromatic carbocycles. The minimum absolute atomic E-state index is 0.0432. The highest BCUT2D eigenvalue weighted by molar-refractivity contribution is 5.93. The Morgan fingerprint density at radius 1 is 1.03 bits per heavy atom. The van der Waals surface area contributed by atoms with Gasteiger partial charge in [-0.15, -0.1) is 5.10 Å².